The lowest BCUT2D eigenvalue weighted by Gasteiger charge is -1.97. The highest BCUT2D eigenvalue weighted by molar-refractivity contribution is 6.09. The van der Waals surface area contributed by atoms with Gasteiger partial charge < -0.3 is 4.57 Å². The monoisotopic (exact) mass is 196 g/mol. The maximum atomic E-state index is 4.25. The van der Waals surface area contributed by atoms with Gasteiger partial charge in [0, 0.05) is 29.5 Å². The number of pyridine rings is 1. The Bertz CT molecular complexity index is 650. The van der Waals surface area contributed by atoms with Crippen molar-refractivity contribution in [3.05, 3.63) is 42.2 Å². The predicted molar refractivity (Wildman–Crippen MR) is 63.0 cm³/mol. The minimum absolute atomic E-state index is 1.20. The van der Waals surface area contributed by atoms with Crippen LogP contribution in [0, 0.1) is 6.92 Å². The van der Waals surface area contributed by atoms with Crippen molar-refractivity contribution in [3.63, 3.8) is 0 Å². The zero-order valence-corrected chi connectivity index (χ0v) is 8.86. The van der Waals surface area contributed by atoms with Crippen molar-refractivity contribution in [2.45, 2.75) is 6.92 Å². The third-order valence-corrected chi connectivity index (χ3v) is 3.01. The van der Waals surface area contributed by atoms with Gasteiger partial charge in [-0.1, -0.05) is 18.2 Å². The van der Waals surface area contributed by atoms with E-state index in [0.717, 1.165) is 0 Å². The number of fused-ring (bicyclic) bond motifs is 3. The molecule has 0 N–H and O–H groups in total. The molecule has 1 aromatic carbocycles. The van der Waals surface area contributed by atoms with Crippen molar-refractivity contribution in [2.75, 3.05) is 0 Å². The van der Waals surface area contributed by atoms with Gasteiger partial charge in [-0.2, -0.15) is 0 Å². The quantitative estimate of drug-likeness (QED) is 0.540. The lowest BCUT2D eigenvalue weighted by Crippen LogP contribution is -1.87. The molecule has 0 saturated heterocycles. The van der Waals surface area contributed by atoms with Crippen molar-refractivity contribution < 1.29 is 0 Å². The molecule has 2 heteroatoms. The molecule has 0 fully saturated rings. The highest BCUT2D eigenvalue weighted by atomic mass is 14.9. The molecule has 0 radical (unpaired) electrons. The van der Waals surface area contributed by atoms with E-state index < -0.39 is 0 Å². The highest BCUT2D eigenvalue weighted by Gasteiger charge is 2.08. The minimum atomic E-state index is 1.20. The Hall–Kier alpha value is -1.83. The number of para-hydroxylation sites is 1. The number of rotatable bonds is 0. The number of hydrogen-bond donors (Lipinski definition) is 0. The summed E-state index contributed by atoms with van der Waals surface area (Å²) in [6, 6.07) is 8.48. The van der Waals surface area contributed by atoms with Crippen LogP contribution in [-0.4, -0.2) is 9.55 Å². The highest BCUT2D eigenvalue weighted by Crippen LogP contribution is 2.29. The van der Waals surface area contributed by atoms with E-state index in [1.54, 1.807) is 0 Å². The SMILES string of the molecule is Cc1cncc2c1c1ccccc1n2C. The summed E-state index contributed by atoms with van der Waals surface area (Å²) < 4.78 is 2.20. The first kappa shape index (κ1) is 8.48. The summed E-state index contributed by atoms with van der Waals surface area (Å²) in [5, 5.41) is 2.64. The maximum Gasteiger partial charge on any atom is 0.0677 e. The molecule has 74 valence electrons. The van der Waals surface area contributed by atoms with E-state index in [1.807, 2.05) is 12.4 Å². The van der Waals surface area contributed by atoms with Crippen LogP contribution < -0.4 is 0 Å². The van der Waals surface area contributed by atoms with Crippen molar-refractivity contribution >= 4 is 21.8 Å². The molecule has 0 atom stereocenters. The summed E-state index contributed by atoms with van der Waals surface area (Å²) in [6.07, 6.45) is 3.86. The molecule has 0 aliphatic carbocycles. The van der Waals surface area contributed by atoms with Gasteiger partial charge in [0.1, 0.15) is 0 Å². The number of benzene rings is 1. The van der Waals surface area contributed by atoms with Crippen LogP contribution >= 0.6 is 0 Å². The second-order valence-corrected chi connectivity index (χ2v) is 3.93. The van der Waals surface area contributed by atoms with E-state index in [-0.39, 0.29) is 0 Å². The molecule has 0 unspecified atom stereocenters. The Morgan fingerprint density at radius 3 is 2.73 bits per heavy atom. The summed E-state index contributed by atoms with van der Waals surface area (Å²) in [7, 11) is 2.09. The van der Waals surface area contributed by atoms with E-state index >= 15 is 0 Å². The summed E-state index contributed by atoms with van der Waals surface area (Å²) in [5.74, 6) is 0. The second-order valence-electron chi connectivity index (χ2n) is 3.93. The van der Waals surface area contributed by atoms with E-state index in [2.05, 4.69) is 47.8 Å². The smallest absolute Gasteiger partial charge is 0.0677 e. The zero-order valence-electron chi connectivity index (χ0n) is 8.86. The van der Waals surface area contributed by atoms with Gasteiger partial charge in [-0.3, -0.25) is 4.98 Å². The maximum absolute atomic E-state index is 4.25. The van der Waals surface area contributed by atoms with Crippen LogP contribution in [0.1, 0.15) is 5.56 Å². The van der Waals surface area contributed by atoms with Crippen LogP contribution in [0.4, 0.5) is 0 Å². The van der Waals surface area contributed by atoms with Gasteiger partial charge in [0.25, 0.3) is 0 Å². The Labute approximate surface area is 88.2 Å². The molecular formula is C13H12N2. The zero-order chi connectivity index (χ0) is 10.4. The summed E-state index contributed by atoms with van der Waals surface area (Å²) in [4.78, 5) is 4.25. The Morgan fingerprint density at radius 2 is 1.87 bits per heavy atom. The van der Waals surface area contributed by atoms with Crippen LogP contribution in [0.15, 0.2) is 36.7 Å². The van der Waals surface area contributed by atoms with Crippen LogP contribution in [0.5, 0.6) is 0 Å². The normalized spacial score (nSPS) is 11.3. The van der Waals surface area contributed by atoms with Crippen LogP contribution in [-0.2, 0) is 7.05 Å². The van der Waals surface area contributed by atoms with Gasteiger partial charge in [-0.15, -0.1) is 0 Å². The van der Waals surface area contributed by atoms with Gasteiger partial charge in [0.05, 0.1) is 11.7 Å². The summed E-state index contributed by atoms with van der Waals surface area (Å²) in [5.41, 5.74) is 3.71. The molecule has 3 rings (SSSR count). The molecule has 2 heterocycles. The van der Waals surface area contributed by atoms with E-state index in [4.69, 9.17) is 0 Å². The van der Waals surface area contributed by atoms with Crippen molar-refractivity contribution in [3.8, 4) is 0 Å². The Morgan fingerprint density at radius 1 is 1.07 bits per heavy atom. The standard InChI is InChI=1S/C13H12N2/c1-9-7-14-8-12-13(9)10-5-3-4-6-11(10)15(12)2/h3-8H,1-2H3. The molecule has 0 spiro atoms. The van der Waals surface area contributed by atoms with E-state index in [1.165, 1.54) is 27.4 Å². The molecular weight excluding hydrogens is 184 g/mol. The largest absolute Gasteiger partial charge is 0.342 e. The Balaban J connectivity index is 2.70. The molecule has 0 amide bonds. The third-order valence-electron chi connectivity index (χ3n) is 3.01. The lowest BCUT2D eigenvalue weighted by atomic mass is 10.1. The number of nitrogens with zero attached hydrogens (tertiary/aromatic N) is 2. The molecule has 3 aromatic rings. The van der Waals surface area contributed by atoms with Crippen LogP contribution in [0.3, 0.4) is 0 Å². The first-order valence-corrected chi connectivity index (χ1v) is 5.07. The third kappa shape index (κ3) is 1.02. The molecule has 0 aliphatic heterocycles. The van der Waals surface area contributed by atoms with Crippen molar-refractivity contribution in [1.82, 2.24) is 9.55 Å². The first-order valence-electron chi connectivity index (χ1n) is 5.07. The lowest BCUT2D eigenvalue weighted by molar-refractivity contribution is 1.01. The van der Waals surface area contributed by atoms with E-state index in [0.29, 0.717) is 0 Å². The molecule has 0 aliphatic rings. The number of hydrogen-bond acceptors (Lipinski definition) is 1. The molecule has 2 aromatic heterocycles. The average Bonchev–Trinajstić information content (AvgIpc) is 2.55. The second kappa shape index (κ2) is 2.83. The minimum Gasteiger partial charge on any atom is -0.342 e. The van der Waals surface area contributed by atoms with Crippen LogP contribution in [0.2, 0.25) is 0 Å². The molecule has 2 nitrogen and oxygen atoms in total. The fraction of sp³-hybridized carbons (Fsp3) is 0.154. The number of aromatic nitrogens is 2. The predicted octanol–water partition coefficient (Wildman–Crippen LogP) is 3.03. The van der Waals surface area contributed by atoms with Gasteiger partial charge in [0.2, 0.25) is 0 Å². The number of aryl methyl sites for hydroxylation is 2. The van der Waals surface area contributed by atoms with Gasteiger partial charge in [0.15, 0.2) is 0 Å². The van der Waals surface area contributed by atoms with Gasteiger partial charge >= 0.3 is 0 Å². The molecule has 0 saturated carbocycles. The average molecular weight is 196 g/mol. The Kier molecular flexibility index (Phi) is 1.60. The van der Waals surface area contributed by atoms with Gasteiger partial charge in [-0.25, -0.2) is 0 Å². The van der Waals surface area contributed by atoms with Crippen LogP contribution in [0.25, 0.3) is 21.8 Å². The van der Waals surface area contributed by atoms with Crippen molar-refractivity contribution in [1.29, 1.82) is 0 Å². The fourth-order valence-corrected chi connectivity index (χ4v) is 2.26. The summed E-state index contributed by atoms with van der Waals surface area (Å²) in [6.45, 7) is 2.11. The van der Waals surface area contributed by atoms with E-state index in [9.17, 15) is 0 Å². The van der Waals surface area contributed by atoms with Gasteiger partial charge in [-0.05, 0) is 18.6 Å². The van der Waals surface area contributed by atoms with Crippen molar-refractivity contribution in [2.24, 2.45) is 7.05 Å². The first-order chi connectivity index (χ1) is 7.29. The molecule has 0 bridgehead atoms. The molecule has 15 heavy (non-hydrogen) atoms. The fourth-order valence-electron chi connectivity index (χ4n) is 2.26. The summed E-state index contributed by atoms with van der Waals surface area (Å²) >= 11 is 0. The topological polar surface area (TPSA) is 17.8 Å².